The molecule has 6 heteroatoms. The first-order valence-electron chi connectivity index (χ1n) is 8.00. The van der Waals surface area contributed by atoms with Gasteiger partial charge in [0.25, 0.3) is 0 Å². The summed E-state index contributed by atoms with van der Waals surface area (Å²) in [4.78, 5) is 14.6. The van der Waals surface area contributed by atoms with E-state index in [9.17, 15) is 4.79 Å². The molecule has 1 N–H and O–H groups in total. The van der Waals surface area contributed by atoms with Crippen LogP contribution in [0.25, 0.3) is 0 Å². The Balaban J connectivity index is 0.00000161. The summed E-state index contributed by atoms with van der Waals surface area (Å²) in [5, 5.41) is 3.38. The number of thioether (sulfide) groups is 1. The van der Waals surface area contributed by atoms with E-state index in [2.05, 4.69) is 22.0 Å². The number of nitrogens with zero attached hydrogens (tertiary/aromatic N) is 1. The highest BCUT2D eigenvalue weighted by molar-refractivity contribution is 8.00. The Morgan fingerprint density at radius 3 is 2.86 bits per heavy atom. The van der Waals surface area contributed by atoms with Gasteiger partial charge >= 0.3 is 0 Å². The monoisotopic (exact) mass is 334 g/mol. The van der Waals surface area contributed by atoms with Crippen molar-refractivity contribution in [3.8, 4) is 0 Å². The number of rotatable bonds is 2. The lowest BCUT2D eigenvalue weighted by Gasteiger charge is -2.45. The van der Waals surface area contributed by atoms with Gasteiger partial charge in [-0.3, -0.25) is 4.79 Å². The molecule has 0 aromatic rings. The summed E-state index contributed by atoms with van der Waals surface area (Å²) in [6, 6.07) is 0.216. The fourth-order valence-corrected chi connectivity index (χ4v) is 5.22. The van der Waals surface area contributed by atoms with E-state index in [1.54, 1.807) is 0 Å². The quantitative estimate of drug-likeness (QED) is 0.839. The maximum atomic E-state index is 12.5. The van der Waals surface area contributed by atoms with Crippen LogP contribution in [0.15, 0.2) is 0 Å². The van der Waals surface area contributed by atoms with Crippen molar-refractivity contribution in [2.24, 2.45) is 0 Å². The smallest absolute Gasteiger partial charge is 0.224 e. The third-order valence-electron chi connectivity index (χ3n) is 4.79. The van der Waals surface area contributed by atoms with E-state index in [0.717, 1.165) is 32.0 Å². The molecule has 3 fully saturated rings. The van der Waals surface area contributed by atoms with Crippen LogP contribution in [0.3, 0.4) is 0 Å². The highest BCUT2D eigenvalue weighted by Crippen LogP contribution is 2.42. The average molecular weight is 335 g/mol. The summed E-state index contributed by atoms with van der Waals surface area (Å²) < 4.78 is 5.82. The summed E-state index contributed by atoms with van der Waals surface area (Å²) >= 11 is 2.12. The number of nitrogens with one attached hydrogen (secondary N) is 1. The first-order valence-corrected chi connectivity index (χ1v) is 8.99. The van der Waals surface area contributed by atoms with Crippen LogP contribution in [0.2, 0.25) is 0 Å². The van der Waals surface area contributed by atoms with Crippen LogP contribution in [-0.2, 0) is 9.53 Å². The fourth-order valence-electron chi connectivity index (χ4n) is 3.65. The van der Waals surface area contributed by atoms with Crippen LogP contribution in [0.1, 0.15) is 38.5 Å². The molecule has 1 saturated carbocycles. The van der Waals surface area contributed by atoms with E-state index in [-0.39, 0.29) is 18.4 Å². The Morgan fingerprint density at radius 1 is 1.33 bits per heavy atom. The number of hydrogen-bond donors (Lipinski definition) is 1. The molecule has 0 aromatic carbocycles. The minimum atomic E-state index is 0. The number of amides is 1. The number of carbonyl (C=O) groups is 1. The molecule has 1 spiro atoms. The fraction of sp³-hybridized carbons (Fsp3) is 0.933. The van der Waals surface area contributed by atoms with E-state index in [4.69, 9.17) is 4.74 Å². The van der Waals surface area contributed by atoms with Gasteiger partial charge in [0, 0.05) is 42.6 Å². The van der Waals surface area contributed by atoms with Gasteiger partial charge in [0.1, 0.15) is 0 Å². The molecule has 1 aliphatic carbocycles. The molecule has 1 amide bonds. The maximum Gasteiger partial charge on any atom is 0.224 e. The molecular weight excluding hydrogens is 308 g/mol. The topological polar surface area (TPSA) is 41.6 Å². The molecule has 3 aliphatic rings. The molecule has 4 nitrogen and oxygen atoms in total. The van der Waals surface area contributed by atoms with Gasteiger partial charge in [-0.1, -0.05) is 19.3 Å². The molecule has 1 atom stereocenters. The van der Waals surface area contributed by atoms with Crippen LogP contribution >= 0.6 is 24.2 Å². The molecule has 21 heavy (non-hydrogen) atoms. The molecule has 122 valence electrons. The zero-order valence-electron chi connectivity index (χ0n) is 12.6. The average Bonchev–Trinajstić information content (AvgIpc) is 2.49. The van der Waals surface area contributed by atoms with Gasteiger partial charge < -0.3 is 15.0 Å². The van der Waals surface area contributed by atoms with Crippen molar-refractivity contribution in [1.29, 1.82) is 0 Å². The number of ether oxygens (including phenoxy) is 1. The van der Waals surface area contributed by atoms with E-state index < -0.39 is 0 Å². The first kappa shape index (κ1) is 17.4. The summed E-state index contributed by atoms with van der Waals surface area (Å²) in [5.41, 5.74) is 0. The Morgan fingerprint density at radius 2 is 2.14 bits per heavy atom. The van der Waals surface area contributed by atoms with Crippen molar-refractivity contribution in [3.63, 3.8) is 0 Å². The van der Waals surface area contributed by atoms with E-state index in [0.29, 0.717) is 23.7 Å². The second kappa shape index (κ2) is 8.04. The largest absolute Gasteiger partial charge is 0.378 e. The minimum Gasteiger partial charge on any atom is -0.378 e. The SMILES string of the molecule is Cl.O=C(CC1COCCN1)N1CCSC2(CCCCC2)C1. The van der Waals surface area contributed by atoms with Crippen LogP contribution in [-0.4, -0.2) is 60.2 Å². The lowest BCUT2D eigenvalue weighted by atomic mass is 9.87. The minimum absolute atomic E-state index is 0. The molecule has 0 bridgehead atoms. The highest BCUT2D eigenvalue weighted by Gasteiger charge is 2.38. The van der Waals surface area contributed by atoms with E-state index >= 15 is 0 Å². The second-order valence-electron chi connectivity index (χ2n) is 6.34. The van der Waals surface area contributed by atoms with Crippen molar-refractivity contribution in [3.05, 3.63) is 0 Å². The van der Waals surface area contributed by atoms with Gasteiger partial charge in [-0.2, -0.15) is 11.8 Å². The summed E-state index contributed by atoms with van der Waals surface area (Å²) in [6.45, 7) is 4.23. The molecule has 2 saturated heterocycles. The number of carbonyl (C=O) groups excluding carboxylic acids is 1. The summed E-state index contributed by atoms with van der Waals surface area (Å²) in [7, 11) is 0. The number of hydrogen-bond acceptors (Lipinski definition) is 4. The van der Waals surface area contributed by atoms with Crippen molar-refractivity contribution in [1.82, 2.24) is 10.2 Å². The van der Waals surface area contributed by atoms with Crippen molar-refractivity contribution in [2.75, 3.05) is 38.6 Å². The van der Waals surface area contributed by atoms with Crippen molar-refractivity contribution >= 4 is 30.1 Å². The second-order valence-corrected chi connectivity index (χ2v) is 7.90. The Hall–Kier alpha value is 0.0300. The molecule has 2 heterocycles. The Bertz CT molecular complexity index is 339. The van der Waals surface area contributed by atoms with Gasteiger partial charge in [-0.15, -0.1) is 12.4 Å². The standard InChI is InChI=1S/C15H26N2O2S.ClH/c18-14(10-13-11-19-8-6-16-13)17-7-9-20-15(12-17)4-2-1-3-5-15;/h13,16H,1-12H2;1H. The molecule has 1 unspecified atom stereocenters. The van der Waals surface area contributed by atoms with E-state index in [1.165, 1.54) is 32.1 Å². The lowest BCUT2D eigenvalue weighted by molar-refractivity contribution is -0.133. The number of halogens is 1. The lowest BCUT2D eigenvalue weighted by Crippen LogP contribution is -2.52. The molecule has 2 aliphatic heterocycles. The third kappa shape index (κ3) is 4.50. The van der Waals surface area contributed by atoms with Gasteiger partial charge in [-0.25, -0.2) is 0 Å². The molecule has 3 rings (SSSR count). The molecule has 0 radical (unpaired) electrons. The molecule has 0 aromatic heterocycles. The van der Waals surface area contributed by atoms with Crippen LogP contribution < -0.4 is 5.32 Å². The maximum absolute atomic E-state index is 12.5. The van der Waals surface area contributed by atoms with Crippen molar-refractivity contribution < 1.29 is 9.53 Å². The Kier molecular flexibility index (Phi) is 6.66. The normalized spacial score (nSPS) is 29.0. The third-order valence-corrected chi connectivity index (χ3v) is 6.32. The predicted octanol–water partition coefficient (Wildman–Crippen LogP) is 2.06. The first-order chi connectivity index (χ1) is 9.77. The highest BCUT2D eigenvalue weighted by atomic mass is 35.5. The van der Waals surface area contributed by atoms with E-state index in [1.807, 2.05) is 0 Å². The van der Waals surface area contributed by atoms with Crippen LogP contribution in [0.5, 0.6) is 0 Å². The van der Waals surface area contributed by atoms with Crippen molar-refractivity contribution in [2.45, 2.75) is 49.3 Å². The van der Waals surface area contributed by atoms with Crippen LogP contribution in [0.4, 0.5) is 0 Å². The van der Waals surface area contributed by atoms with Gasteiger partial charge in [0.15, 0.2) is 0 Å². The van der Waals surface area contributed by atoms with Gasteiger partial charge in [0.05, 0.1) is 13.2 Å². The zero-order chi connectivity index (χ0) is 13.8. The summed E-state index contributed by atoms with van der Waals surface area (Å²) in [5.74, 6) is 1.43. The van der Waals surface area contributed by atoms with Gasteiger partial charge in [0.2, 0.25) is 5.91 Å². The predicted molar refractivity (Wildman–Crippen MR) is 89.3 cm³/mol. The van der Waals surface area contributed by atoms with Gasteiger partial charge in [-0.05, 0) is 12.8 Å². The van der Waals surface area contributed by atoms with Crippen LogP contribution in [0, 0.1) is 0 Å². The molecular formula is C15H27ClN2O2S. The number of morpholine rings is 1. The zero-order valence-corrected chi connectivity index (χ0v) is 14.3. The summed E-state index contributed by atoms with van der Waals surface area (Å²) in [6.07, 6.45) is 7.25. The Labute approximate surface area is 138 Å².